The second-order valence-electron chi connectivity index (χ2n) is 9.03. The van der Waals surface area contributed by atoms with Gasteiger partial charge in [0.25, 0.3) is 0 Å². The molecule has 0 aromatic carbocycles. The van der Waals surface area contributed by atoms with E-state index in [2.05, 4.69) is 0 Å². The Hall–Kier alpha value is -0.280. The Morgan fingerprint density at radius 2 is 1.11 bits per heavy atom. The van der Waals surface area contributed by atoms with Gasteiger partial charge < -0.3 is 33.2 Å². The number of epoxide rings is 2. The van der Waals surface area contributed by atoms with E-state index < -0.39 is 0 Å². The zero-order valence-corrected chi connectivity index (χ0v) is 15.7. The lowest BCUT2D eigenvalue weighted by molar-refractivity contribution is -0.123. The molecule has 152 valence electrons. The van der Waals surface area contributed by atoms with Crippen molar-refractivity contribution in [1.82, 2.24) is 0 Å². The monoisotopic (exact) mass is 382 g/mol. The summed E-state index contributed by atoms with van der Waals surface area (Å²) in [6.07, 6.45) is 8.56. The van der Waals surface area contributed by atoms with Crippen LogP contribution in [0.3, 0.4) is 0 Å². The molecule has 0 aromatic rings. The minimum absolute atomic E-state index is 0.0215. The van der Waals surface area contributed by atoms with Crippen LogP contribution in [0.25, 0.3) is 0 Å². The van der Waals surface area contributed by atoms with Crippen LogP contribution in [0.4, 0.5) is 0 Å². The van der Waals surface area contributed by atoms with Crippen molar-refractivity contribution in [3.63, 3.8) is 0 Å². The molecule has 0 N–H and O–H groups in total. The normalized spacial score (nSPS) is 53.8. The van der Waals surface area contributed by atoms with Crippen molar-refractivity contribution < 1.29 is 33.2 Å². The molecule has 10 atom stereocenters. The standard InChI is InChI=1S/C20H30O7/c1-3-15-17(26-15)5-11(1)19-22-9-13(24-19)7-21-8-14-10-23-20(25-14)12-2-4-16-18(6-12)27-16/h11-20H,1-10H2. The van der Waals surface area contributed by atoms with Gasteiger partial charge in [0.2, 0.25) is 0 Å². The van der Waals surface area contributed by atoms with Crippen LogP contribution in [-0.4, -0.2) is 75.6 Å². The average molecular weight is 382 g/mol. The Morgan fingerprint density at radius 1 is 0.593 bits per heavy atom. The van der Waals surface area contributed by atoms with E-state index in [0.29, 0.717) is 62.7 Å². The molecule has 4 saturated heterocycles. The molecule has 2 saturated carbocycles. The van der Waals surface area contributed by atoms with E-state index in [4.69, 9.17) is 33.2 Å². The molecule has 6 aliphatic rings. The largest absolute Gasteiger partial charge is 0.376 e. The number of ether oxygens (including phenoxy) is 7. The fourth-order valence-electron chi connectivity index (χ4n) is 5.31. The second kappa shape index (κ2) is 7.20. The van der Waals surface area contributed by atoms with E-state index >= 15 is 0 Å². The molecule has 7 nitrogen and oxygen atoms in total. The highest BCUT2D eigenvalue weighted by Gasteiger charge is 2.48. The smallest absolute Gasteiger partial charge is 0.161 e. The van der Waals surface area contributed by atoms with Gasteiger partial charge >= 0.3 is 0 Å². The summed E-state index contributed by atoms with van der Waals surface area (Å²) in [5.41, 5.74) is 0. The van der Waals surface area contributed by atoms with Gasteiger partial charge in [0.1, 0.15) is 12.2 Å². The quantitative estimate of drug-likeness (QED) is 0.647. The molecule has 6 rings (SSSR count). The predicted octanol–water partition coefficient (Wildman–Crippen LogP) is 1.62. The summed E-state index contributed by atoms with van der Waals surface area (Å²) in [5.74, 6) is 0.938. The first-order valence-corrected chi connectivity index (χ1v) is 10.7. The van der Waals surface area contributed by atoms with Crippen molar-refractivity contribution in [3.8, 4) is 0 Å². The maximum absolute atomic E-state index is 6.08. The molecular weight excluding hydrogens is 352 g/mol. The molecule has 4 aliphatic heterocycles. The van der Waals surface area contributed by atoms with Crippen molar-refractivity contribution in [2.45, 2.75) is 87.7 Å². The topological polar surface area (TPSA) is 71.2 Å². The molecule has 0 bridgehead atoms. The SMILES string of the molecule is C(OCC1COC(C2CCC3OC3C2)O1)C1COC(C2CCC3OC3C2)O1. The highest BCUT2D eigenvalue weighted by Crippen LogP contribution is 2.43. The number of hydrogen-bond donors (Lipinski definition) is 0. The maximum atomic E-state index is 6.08. The van der Waals surface area contributed by atoms with Gasteiger partial charge in [-0.1, -0.05) is 0 Å². The van der Waals surface area contributed by atoms with Crippen LogP contribution in [0.1, 0.15) is 38.5 Å². The summed E-state index contributed by atoms with van der Waals surface area (Å²) in [5, 5.41) is 0. The minimum Gasteiger partial charge on any atom is -0.376 e. The molecule has 0 radical (unpaired) electrons. The van der Waals surface area contributed by atoms with Crippen LogP contribution in [-0.2, 0) is 33.2 Å². The Bertz CT molecular complexity index is 498. The third kappa shape index (κ3) is 3.80. The molecule has 0 aromatic heterocycles. The van der Waals surface area contributed by atoms with Gasteiger partial charge in [0, 0.05) is 11.8 Å². The minimum atomic E-state index is -0.0843. The van der Waals surface area contributed by atoms with Crippen molar-refractivity contribution in [2.24, 2.45) is 11.8 Å². The summed E-state index contributed by atoms with van der Waals surface area (Å²) in [6, 6.07) is 0. The van der Waals surface area contributed by atoms with Crippen molar-refractivity contribution in [1.29, 1.82) is 0 Å². The second-order valence-corrected chi connectivity index (χ2v) is 9.03. The first kappa shape index (κ1) is 17.6. The summed E-state index contributed by atoms with van der Waals surface area (Å²) in [6.45, 7) is 2.34. The Morgan fingerprint density at radius 3 is 1.59 bits per heavy atom. The summed E-state index contributed by atoms with van der Waals surface area (Å²) >= 11 is 0. The van der Waals surface area contributed by atoms with Crippen molar-refractivity contribution in [3.05, 3.63) is 0 Å². The lowest BCUT2D eigenvalue weighted by atomic mass is 9.89. The van der Waals surface area contributed by atoms with E-state index in [0.717, 1.165) is 38.5 Å². The van der Waals surface area contributed by atoms with Gasteiger partial charge in [-0.15, -0.1) is 0 Å². The van der Waals surface area contributed by atoms with Crippen LogP contribution in [0.2, 0.25) is 0 Å². The van der Waals surface area contributed by atoms with Gasteiger partial charge in [0.15, 0.2) is 12.6 Å². The van der Waals surface area contributed by atoms with Gasteiger partial charge in [0.05, 0.1) is 50.8 Å². The zero-order valence-electron chi connectivity index (χ0n) is 15.7. The van der Waals surface area contributed by atoms with Crippen LogP contribution in [0, 0.1) is 11.8 Å². The third-order valence-electron chi connectivity index (χ3n) is 7.01. The highest BCUT2D eigenvalue weighted by atomic mass is 16.7. The lowest BCUT2D eigenvalue weighted by Gasteiger charge is -2.24. The van der Waals surface area contributed by atoms with E-state index in [-0.39, 0.29) is 24.8 Å². The van der Waals surface area contributed by atoms with Gasteiger partial charge in [-0.3, -0.25) is 0 Å². The van der Waals surface area contributed by atoms with Crippen molar-refractivity contribution in [2.75, 3.05) is 26.4 Å². The molecule has 10 unspecified atom stereocenters. The number of hydrogen-bond acceptors (Lipinski definition) is 7. The van der Waals surface area contributed by atoms with Crippen LogP contribution in [0.15, 0.2) is 0 Å². The molecule has 0 spiro atoms. The molecule has 7 heteroatoms. The first-order chi connectivity index (χ1) is 13.3. The third-order valence-corrected chi connectivity index (χ3v) is 7.01. The summed E-state index contributed by atoms with van der Waals surface area (Å²) < 4.78 is 41.0. The summed E-state index contributed by atoms with van der Waals surface area (Å²) in [7, 11) is 0. The highest BCUT2D eigenvalue weighted by molar-refractivity contribution is 4.94. The van der Waals surface area contributed by atoms with E-state index in [9.17, 15) is 0 Å². The van der Waals surface area contributed by atoms with Crippen LogP contribution < -0.4 is 0 Å². The Kier molecular flexibility index (Phi) is 4.69. The van der Waals surface area contributed by atoms with Gasteiger partial charge in [-0.05, 0) is 38.5 Å². The Balaban J connectivity index is 0.894. The fourth-order valence-corrected chi connectivity index (χ4v) is 5.31. The van der Waals surface area contributed by atoms with Crippen LogP contribution >= 0.6 is 0 Å². The summed E-state index contributed by atoms with van der Waals surface area (Å²) in [4.78, 5) is 0. The van der Waals surface area contributed by atoms with E-state index in [1.807, 2.05) is 0 Å². The van der Waals surface area contributed by atoms with E-state index in [1.165, 1.54) is 0 Å². The fraction of sp³-hybridized carbons (Fsp3) is 1.00. The van der Waals surface area contributed by atoms with Crippen molar-refractivity contribution >= 4 is 0 Å². The maximum Gasteiger partial charge on any atom is 0.161 e. The van der Waals surface area contributed by atoms with Gasteiger partial charge in [-0.2, -0.15) is 0 Å². The van der Waals surface area contributed by atoms with Gasteiger partial charge in [-0.25, -0.2) is 0 Å². The van der Waals surface area contributed by atoms with E-state index in [1.54, 1.807) is 0 Å². The van der Waals surface area contributed by atoms with Crippen LogP contribution in [0.5, 0.6) is 0 Å². The lowest BCUT2D eigenvalue weighted by Crippen LogP contribution is -2.30. The number of rotatable bonds is 6. The predicted molar refractivity (Wildman–Crippen MR) is 92.0 cm³/mol. The molecule has 2 aliphatic carbocycles. The average Bonchev–Trinajstić information content (AvgIpc) is 3.54. The molecule has 0 amide bonds. The molecule has 6 fully saturated rings. The molecule has 27 heavy (non-hydrogen) atoms. The molecular formula is C20H30O7. The zero-order chi connectivity index (χ0) is 17.8. The first-order valence-electron chi connectivity index (χ1n) is 10.7. The molecule has 4 heterocycles. The Labute approximate surface area is 159 Å². The number of fused-ring (bicyclic) bond motifs is 2.